The van der Waals surface area contributed by atoms with E-state index >= 15 is 0 Å². The van der Waals surface area contributed by atoms with Gasteiger partial charge in [0.05, 0.1) is 19.1 Å². The SMILES string of the molecule is O=C1OC[C@@H](c2ccc(Cl)cc2)[C@@H]1CO. The lowest BCUT2D eigenvalue weighted by atomic mass is 9.89. The van der Waals surface area contributed by atoms with Crippen molar-refractivity contribution >= 4 is 17.6 Å². The number of cyclic esters (lactones) is 1. The van der Waals surface area contributed by atoms with Gasteiger partial charge in [0.2, 0.25) is 0 Å². The van der Waals surface area contributed by atoms with Crippen molar-refractivity contribution in [3.05, 3.63) is 34.9 Å². The Morgan fingerprint density at radius 3 is 2.67 bits per heavy atom. The Kier molecular flexibility index (Phi) is 2.93. The molecule has 0 aliphatic carbocycles. The van der Waals surface area contributed by atoms with Crippen LogP contribution in [0.3, 0.4) is 0 Å². The lowest BCUT2D eigenvalue weighted by molar-refractivity contribution is -0.142. The van der Waals surface area contributed by atoms with Gasteiger partial charge in [0.1, 0.15) is 0 Å². The summed E-state index contributed by atoms with van der Waals surface area (Å²) in [6, 6.07) is 7.26. The molecule has 0 spiro atoms. The molecule has 1 aliphatic rings. The Morgan fingerprint density at radius 2 is 2.07 bits per heavy atom. The molecule has 0 aromatic heterocycles. The number of aliphatic hydroxyl groups is 1. The maximum atomic E-state index is 11.2. The lowest BCUT2D eigenvalue weighted by Crippen LogP contribution is -2.18. The number of hydrogen-bond acceptors (Lipinski definition) is 3. The van der Waals surface area contributed by atoms with Gasteiger partial charge in [0.15, 0.2) is 0 Å². The van der Waals surface area contributed by atoms with Crippen LogP contribution in [0.2, 0.25) is 5.02 Å². The molecular weight excluding hydrogens is 216 g/mol. The fourth-order valence-electron chi connectivity index (χ4n) is 1.80. The first-order valence-corrected chi connectivity index (χ1v) is 5.13. The number of ether oxygens (including phenoxy) is 1. The summed E-state index contributed by atoms with van der Waals surface area (Å²) in [5, 5.41) is 9.75. The van der Waals surface area contributed by atoms with E-state index in [4.69, 9.17) is 21.4 Å². The van der Waals surface area contributed by atoms with Gasteiger partial charge in [0.25, 0.3) is 0 Å². The van der Waals surface area contributed by atoms with E-state index in [-0.39, 0.29) is 18.5 Å². The van der Waals surface area contributed by atoms with Crippen LogP contribution in [0.15, 0.2) is 24.3 Å². The average Bonchev–Trinajstić information content (AvgIpc) is 2.61. The number of hydrogen-bond donors (Lipinski definition) is 1. The van der Waals surface area contributed by atoms with E-state index in [1.54, 1.807) is 12.1 Å². The smallest absolute Gasteiger partial charge is 0.312 e. The van der Waals surface area contributed by atoms with E-state index in [2.05, 4.69) is 0 Å². The van der Waals surface area contributed by atoms with Crippen molar-refractivity contribution in [2.75, 3.05) is 13.2 Å². The molecule has 80 valence electrons. The summed E-state index contributed by atoms with van der Waals surface area (Å²) in [6.45, 7) is 0.165. The van der Waals surface area contributed by atoms with Crippen LogP contribution in [0.25, 0.3) is 0 Å². The molecule has 1 aliphatic heterocycles. The zero-order valence-corrected chi connectivity index (χ0v) is 8.78. The number of carbonyl (C=O) groups is 1. The number of rotatable bonds is 2. The molecule has 15 heavy (non-hydrogen) atoms. The van der Waals surface area contributed by atoms with Gasteiger partial charge in [-0.3, -0.25) is 4.79 Å². The van der Waals surface area contributed by atoms with Crippen molar-refractivity contribution in [3.8, 4) is 0 Å². The van der Waals surface area contributed by atoms with Gasteiger partial charge in [0, 0.05) is 10.9 Å². The van der Waals surface area contributed by atoms with Crippen molar-refractivity contribution in [2.24, 2.45) is 5.92 Å². The first kappa shape index (κ1) is 10.5. The molecule has 0 radical (unpaired) electrons. The highest BCUT2D eigenvalue weighted by Gasteiger charge is 2.37. The molecular formula is C11H11ClO3. The minimum atomic E-state index is -0.439. The molecule has 1 N–H and O–H groups in total. The molecule has 1 aromatic carbocycles. The Bertz CT molecular complexity index is 361. The van der Waals surface area contributed by atoms with Gasteiger partial charge in [-0.05, 0) is 17.7 Å². The molecule has 0 unspecified atom stereocenters. The van der Waals surface area contributed by atoms with Crippen LogP contribution in [0, 0.1) is 5.92 Å². The molecule has 4 heteroatoms. The second-order valence-corrected chi connectivity index (χ2v) is 4.01. The maximum absolute atomic E-state index is 11.2. The fraction of sp³-hybridized carbons (Fsp3) is 0.364. The van der Waals surface area contributed by atoms with Gasteiger partial charge in [-0.15, -0.1) is 0 Å². The third kappa shape index (κ3) is 1.98. The van der Waals surface area contributed by atoms with E-state index < -0.39 is 5.92 Å². The van der Waals surface area contributed by atoms with Crippen LogP contribution in [0.4, 0.5) is 0 Å². The third-order valence-electron chi connectivity index (χ3n) is 2.69. The Hall–Kier alpha value is -1.06. The second-order valence-electron chi connectivity index (χ2n) is 3.58. The Balaban J connectivity index is 2.23. The second kappa shape index (κ2) is 4.21. The highest BCUT2D eigenvalue weighted by Crippen LogP contribution is 2.31. The average molecular weight is 227 g/mol. The van der Waals surface area contributed by atoms with Crippen molar-refractivity contribution in [1.82, 2.24) is 0 Å². The molecule has 1 saturated heterocycles. The molecule has 0 amide bonds. The summed E-state index contributed by atoms with van der Waals surface area (Å²) in [4.78, 5) is 11.2. The van der Waals surface area contributed by atoms with Crippen LogP contribution in [-0.2, 0) is 9.53 Å². The molecule has 3 nitrogen and oxygen atoms in total. The molecule has 1 fully saturated rings. The van der Waals surface area contributed by atoms with Crippen molar-refractivity contribution in [1.29, 1.82) is 0 Å². The monoisotopic (exact) mass is 226 g/mol. The number of benzene rings is 1. The van der Waals surface area contributed by atoms with E-state index in [0.717, 1.165) is 5.56 Å². The van der Waals surface area contributed by atoms with Crippen molar-refractivity contribution in [2.45, 2.75) is 5.92 Å². The Morgan fingerprint density at radius 1 is 1.40 bits per heavy atom. The standard InChI is InChI=1S/C11H11ClO3/c12-8-3-1-7(2-4-8)10-6-15-11(14)9(10)5-13/h1-4,9-10,13H,5-6H2/t9-,10-/m0/s1. The van der Waals surface area contributed by atoms with Crippen molar-refractivity contribution < 1.29 is 14.6 Å². The van der Waals surface area contributed by atoms with Crippen LogP contribution in [-0.4, -0.2) is 24.3 Å². The molecule has 1 heterocycles. The molecule has 0 bridgehead atoms. The third-order valence-corrected chi connectivity index (χ3v) is 2.94. The van der Waals surface area contributed by atoms with E-state index in [1.165, 1.54) is 0 Å². The molecule has 0 saturated carbocycles. The summed E-state index contributed by atoms with van der Waals surface area (Å²) in [5.74, 6) is -0.816. The zero-order chi connectivity index (χ0) is 10.8. The minimum absolute atomic E-state index is 0.0558. The topological polar surface area (TPSA) is 46.5 Å². The molecule has 2 rings (SSSR count). The number of halogens is 1. The van der Waals surface area contributed by atoms with Crippen LogP contribution in [0.1, 0.15) is 11.5 Å². The fourth-order valence-corrected chi connectivity index (χ4v) is 1.93. The number of aliphatic hydroxyl groups excluding tert-OH is 1. The highest BCUT2D eigenvalue weighted by molar-refractivity contribution is 6.30. The Labute approximate surface area is 92.6 Å². The van der Waals surface area contributed by atoms with Gasteiger partial charge >= 0.3 is 5.97 Å². The van der Waals surface area contributed by atoms with E-state index in [9.17, 15) is 4.79 Å². The number of carbonyl (C=O) groups excluding carboxylic acids is 1. The van der Waals surface area contributed by atoms with Gasteiger partial charge < -0.3 is 9.84 Å². The van der Waals surface area contributed by atoms with Gasteiger partial charge in [-0.2, -0.15) is 0 Å². The normalized spacial score (nSPS) is 25.3. The van der Waals surface area contributed by atoms with Crippen LogP contribution in [0.5, 0.6) is 0 Å². The number of esters is 1. The highest BCUT2D eigenvalue weighted by atomic mass is 35.5. The maximum Gasteiger partial charge on any atom is 0.312 e. The van der Waals surface area contributed by atoms with Crippen molar-refractivity contribution in [3.63, 3.8) is 0 Å². The first-order chi connectivity index (χ1) is 7.22. The lowest BCUT2D eigenvalue weighted by Gasteiger charge is -2.12. The summed E-state index contributed by atoms with van der Waals surface area (Å²) in [7, 11) is 0. The zero-order valence-electron chi connectivity index (χ0n) is 8.02. The van der Waals surface area contributed by atoms with Gasteiger partial charge in [-0.1, -0.05) is 23.7 Å². The quantitative estimate of drug-likeness (QED) is 0.779. The van der Waals surface area contributed by atoms with Gasteiger partial charge in [-0.25, -0.2) is 0 Å². The summed E-state index contributed by atoms with van der Waals surface area (Å²) >= 11 is 5.77. The molecule has 1 aromatic rings. The van der Waals surface area contributed by atoms with Crippen LogP contribution < -0.4 is 0 Å². The summed E-state index contributed by atoms with van der Waals surface area (Å²) < 4.78 is 4.92. The van der Waals surface area contributed by atoms with Crippen LogP contribution >= 0.6 is 11.6 Å². The minimum Gasteiger partial charge on any atom is -0.465 e. The van der Waals surface area contributed by atoms with E-state index in [1.807, 2.05) is 12.1 Å². The molecule has 2 atom stereocenters. The predicted octanol–water partition coefficient (Wildman–Crippen LogP) is 1.59. The predicted molar refractivity (Wildman–Crippen MR) is 55.7 cm³/mol. The first-order valence-electron chi connectivity index (χ1n) is 4.75. The van der Waals surface area contributed by atoms with E-state index in [0.29, 0.717) is 11.6 Å². The summed E-state index contributed by atoms with van der Waals surface area (Å²) in [5.41, 5.74) is 0.976. The largest absolute Gasteiger partial charge is 0.465 e. The summed E-state index contributed by atoms with van der Waals surface area (Å²) in [6.07, 6.45) is 0.